The molecule has 144 valence electrons. The van der Waals surface area contributed by atoms with Gasteiger partial charge in [-0.25, -0.2) is 4.68 Å². The summed E-state index contributed by atoms with van der Waals surface area (Å²) in [6.45, 7) is 5.26. The number of rotatable bonds is 5. The molecule has 3 rings (SSSR count). The van der Waals surface area contributed by atoms with Crippen molar-refractivity contribution < 1.29 is 9.53 Å². The molecule has 0 radical (unpaired) electrons. The zero-order valence-electron chi connectivity index (χ0n) is 15.9. The largest absolute Gasteiger partial charge is 0.469 e. The number of nitrogens with one attached hydrogen (secondary N) is 1. The van der Waals surface area contributed by atoms with Crippen molar-refractivity contribution >= 4 is 11.7 Å². The first-order valence-electron chi connectivity index (χ1n) is 8.94. The van der Waals surface area contributed by atoms with Crippen LogP contribution in [0.5, 0.6) is 0 Å². The molecule has 8 heteroatoms. The number of H-pyrrole nitrogens is 1. The summed E-state index contributed by atoms with van der Waals surface area (Å²) >= 11 is 0. The SMILES string of the molecule is COC(=O)Cc1[nH]n(-c2ccccc2)c(=O)c1/C(C)=N/N1CCN(C)CC1. The highest BCUT2D eigenvalue weighted by Gasteiger charge is 2.21. The molecule has 2 heterocycles. The van der Waals surface area contributed by atoms with Crippen LogP contribution in [0.3, 0.4) is 0 Å². The second-order valence-electron chi connectivity index (χ2n) is 6.64. The van der Waals surface area contributed by atoms with Gasteiger partial charge in [0.05, 0.1) is 36.2 Å². The minimum absolute atomic E-state index is 0.0174. The van der Waals surface area contributed by atoms with Crippen LogP contribution in [0.15, 0.2) is 40.2 Å². The molecule has 27 heavy (non-hydrogen) atoms. The highest BCUT2D eigenvalue weighted by Crippen LogP contribution is 2.11. The van der Waals surface area contributed by atoms with E-state index in [4.69, 9.17) is 4.74 Å². The van der Waals surface area contributed by atoms with Crippen LogP contribution >= 0.6 is 0 Å². The predicted octanol–water partition coefficient (Wildman–Crippen LogP) is 0.853. The van der Waals surface area contributed by atoms with Gasteiger partial charge in [-0.05, 0) is 26.1 Å². The molecule has 1 saturated heterocycles. The molecule has 0 amide bonds. The number of hydrogen-bond donors (Lipinski definition) is 1. The number of aromatic amines is 1. The van der Waals surface area contributed by atoms with E-state index in [0.29, 0.717) is 22.7 Å². The van der Waals surface area contributed by atoms with Crippen molar-refractivity contribution in [3.05, 3.63) is 51.9 Å². The second kappa shape index (κ2) is 8.22. The van der Waals surface area contributed by atoms with Crippen molar-refractivity contribution in [3.8, 4) is 5.69 Å². The summed E-state index contributed by atoms with van der Waals surface area (Å²) in [5.41, 5.74) is 1.99. The molecule has 1 N–H and O–H groups in total. The molecule has 0 atom stereocenters. The van der Waals surface area contributed by atoms with Crippen molar-refractivity contribution in [2.24, 2.45) is 5.10 Å². The topological polar surface area (TPSA) is 82.9 Å². The minimum Gasteiger partial charge on any atom is -0.469 e. The second-order valence-corrected chi connectivity index (χ2v) is 6.64. The summed E-state index contributed by atoms with van der Waals surface area (Å²) in [7, 11) is 3.41. The molecule has 1 aliphatic rings. The molecule has 1 aliphatic heterocycles. The number of benzene rings is 1. The Hall–Kier alpha value is -2.87. The molecule has 1 aromatic carbocycles. The third-order valence-corrected chi connectivity index (χ3v) is 4.66. The van der Waals surface area contributed by atoms with Crippen LogP contribution in [0.25, 0.3) is 5.69 Å². The Morgan fingerprint density at radius 1 is 1.19 bits per heavy atom. The zero-order chi connectivity index (χ0) is 19.4. The fraction of sp³-hybridized carbons (Fsp3) is 0.421. The van der Waals surface area contributed by atoms with Gasteiger partial charge in [0.15, 0.2) is 0 Å². The van der Waals surface area contributed by atoms with Crippen LogP contribution in [0.4, 0.5) is 0 Å². The number of piperazine rings is 1. The van der Waals surface area contributed by atoms with Gasteiger partial charge in [-0.1, -0.05) is 18.2 Å². The van der Waals surface area contributed by atoms with Crippen LogP contribution in [-0.2, 0) is 16.0 Å². The average molecular weight is 371 g/mol. The third kappa shape index (κ3) is 4.28. The minimum atomic E-state index is -0.412. The summed E-state index contributed by atoms with van der Waals surface area (Å²) in [5, 5.41) is 9.66. The number of aromatic nitrogens is 2. The van der Waals surface area contributed by atoms with E-state index >= 15 is 0 Å². The number of para-hydroxylation sites is 1. The lowest BCUT2D eigenvalue weighted by Crippen LogP contribution is -2.42. The van der Waals surface area contributed by atoms with Crippen molar-refractivity contribution in [2.45, 2.75) is 13.3 Å². The molecule has 1 aromatic heterocycles. The normalized spacial score (nSPS) is 15.8. The van der Waals surface area contributed by atoms with Crippen molar-refractivity contribution in [1.82, 2.24) is 19.7 Å². The molecule has 0 bridgehead atoms. The lowest BCUT2D eigenvalue weighted by molar-refractivity contribution is -0.139. The Balaban J connectivity index is 2.00. The number of nitrogens with zero attached hydrogens (tertiary/aromatic N) is 4. The summed E-state index contributed by atoms with van der Waals surface area (Å²) in [5.74, 6) is -0.412. The maximum atomic E-state index is 13.1. The molecular weight excluding hydrogens is 346 g/mol. The Labute approximate surface area is 158 Å². The first-order valence-corrected chi connectivity index (χ1v) is 8.94. The number of hydrazone groups is 1. The standard InChI is InChI=1S/C19H25N5O3/c1-14(20-23-11-9-22(2)10-12-23)18-16(13-17(25)27-3)21-24(19(18)26)15-7-5-4-6-8-15/h4-8,21H,9-13H2,1-3H3/b20-14+. The quantitative estimate of drug-likeness (QED) is 0.622. The van der Waals surface area contributed by atoms with Crippen LogP contribution in [0.1, 0.15) is 18.2 Å². The van der Waals surface area contributed by atoms with Gasteiger partial charge < -0.3 is 9.64 Å². The van der Waals surface area contributed by atoms with Crippen molar-refractivity contribution in [2.75, 3.05) is 40.3 Å². The molecule has 0 spiro atoms. The number of ether oxygens (including phenoxy) is 1. The van der Waals surface area contributed by atoms with Crippen LogP contribution in [0.2, 0.25) is 0 Å². The van der Waals surface area contributed by atoms with Gasteiger partial charge in [0.25, 0.3) is 5.56 Å². The number of carbonyl (C=O) groups excluding carboxylic acids is 1. The van der Waals surface area contributed by atoms with E-state index in [0.717, 1.165) is 26.2 Å². The van der Waals surface area contributed by atoms with Crippen LogP contribution in [-0.4, -0.2) is 71.7 Å². The summed E-state index contributed by atoms with van der Waals surface area (Å²) < 4.78 is 6.22. The first-order chi connectivity index (χ1) is 13.0. The Bertz CT molecular complexity index is 876. The van der Waals surface area contributed by atoms with Gasteiger partial charge in [-0.15, -0.1) is 0 Å². The van der Waals surface area contributed by atoms with Crippen LogP contribution < -0.4 is 5.56 Å². The monoisotopic (exact) mass is 371 g/mol. The van der Waals surface area contributed by atoms with E-state index in [1.165, 1.54) is 11.8 Å². The maximum Gasteiger partial charge on any atom is 0.311 e. The lowest BCUT2D eigenvalue weighted by atomic mass is 10.1. The van der Waals surface area contributed by atoms with Gasteiger partial charge in [0.1, 0.15) is 0 Å². The van der Waals surface area contributed by atoms with E-state index in [1.807, 2.05) is 35.3 Å². The van der Waals surface area contributed by atoms with E-state index in [2.05, 4.69) is 22.1 Å². The number of methoxy groups -OCH3 is 1. The maximum absolute atomic E-state index is 13.1. The molecular formula is C19H25N5O3. The molecule has 0 saturated carbocycles. The third-order valence-electron chi connectivity index (χ3n) is 4.66. The summed E-state index contributed by atoms with van der Waals surface area (Å²) in [4.78, 5) is 27.1. The number of esters is 1. The van der Waals surface area contributed by atoms with E-state index < -0.39 is 5.97 Å². The summed E-state index contributed by atoms with van der Waals surface area (Å²) in [6.07, 6.45) is -0.0174. The zero-order valence-corrected chi connectivity index (χ0v) is 15.9. The van der Waals surface area contributed by atoms with Crippen molar-refractivity contribution in [1.29, 1.82) is 0 Å². The number of likely N-dealkylation sites (N-methyl/N-ethyl adjacent to an activating group) is 1. The lowest BCUT2D eigenvalue weighted by Gasteiger charge is -2.30. The number of hydrogen-bond acceptors (Lipinski definition) is 6. The Kier molecular flexibility index (Phi) is 5.75. The smallest absolute Gasteiger partial charge is 0.311 e. The van der Waals surface area contributed by atoms with Gasteiger partial charge in [-0.2, -0.15) is 5.10 Å². The Morgan fingerprint density at radius 3 is 2.48 bits per heavy atom. The first kappa shape index (κ1) is 18.9. The van der Waals surface area contributed by atoms with Gasteiger partial charge >= 0.3 is 5.97 Å². The molecule has 2 aromatic rings. The predicted molar refractivity (Wildman–Crippen MR) is 103 cm³/mol. The fourth-order valence-corrected chi connectivity index (χ4v) is 3.12. The highest BCUT2D eigenvalue weighted by atomic mass is 16.5. The van der Waals surface area contributed by atoms with E-state index in [1.54, 1.807) is 6.92 Å². The van der Waals surface area contributed by atoms with Gasteiger partial charge in [-0.3, -0.25) is 19.7 Å². The molecule has 1 fully saturated rings. The summed E-state index contributed by atoms with van der Waals surface area (Å²) in [6, 6.07) is 9.25. The average Bonchev–Trinajstić information content (AvgIpc) is 3.00. The molecule has 0 unspecified atom stereocenters. The van der Waals surface area contributed by atoms with E-state index in [-0.39, 0.29) is 12.0 Å². The highest BCUT2D eigenvalue weighted by molar-refractivity contribution is 6.00. The molecule has 0 aliphatic carbocycles. The molecule has 8 nitrogen and oxygen atoms in total. The fourth-order valence-electron chi connectivity index (χ4n) is 3.12. The van der Waals surface area contributed by atoms with Gasteiger partial charge in [0, 0.05) is 26.2 Å². The van der Waals surface area contributed by atoms with Crippen LogP contribution in [0, 0.1) is 0 Å². The van der Waals surface area contributed by atoms with Gasteiger partial charge in [0.2, 0.25) is 0 Å². The van der Waals surface area contributed by atoms with Crippen molar-refractivity contribution in [3.63, 3.8) is 0 Å². The van der Waals surface area contributed by atoms with E-state index in [9.17, 15) is 9.59 Å². The Morgan fingerprint density at radius 2 is 1.85 bits per heavy atom. The number of carbonyl (C=O) groups is 1.